The summed E-state index contributed by atoms with van der Waals surface area (Å²) in [6, 6.07) is 11.8. The Bertz CT molecular complexity index is 2890. The first-order valence-electron chi connectivity index (χ1n) is 17.7. The number of alkyl halides is 2. The summed E-state index contributed by atoms with van der Waals surface area (Å²) < 4.78 is 151. The number of benzene rings is 1. The normalized spacial score (nSPS) is 22.9. The highest BCUT2D eigenvalue weighted by molar-refractivity contribution is 6.25. The van der Waals surface area contributed by atoms with Crippen molar-refractivity contribution in [3.63, 3.8) is 0 Å². The van der Waals surface area contributed by atoms with E-state index in [-0.39, 0.29) is 68.6 Å². The van der Waals surface area contributed by atoms with Crippen LogP contribution in [0.15, 0.2) is 137 Å². The molecule has 2 atom stereocenters. The summed E-state index contributed by atoms with van der Waals surface area (Å²) >= 11 is 0. The number of nitrogens with one attached hydrogen (secondary N) is 2. The predicted molar refractivity (Wildman–Crippen MR) is 200 cm³/mol. The van der Waals surface area contributed by atoms with Gasteiger partial charge in [0.05, 0.1) is 17.0 Å². The molecule has 0 saturated heterocycles. The van der Waals surface area contributed by atoms with E-state index in [1.54, 1.807) is 24.3 Å². The maximum absolute atomic E-state index is 15.9. The Morgan fingerprint density at radius 2 is 1.12 bits per heavy atom. The average molecular weight is 817 g/mol. The molecule has 1 aromatic carbocycles. The average Bonchev–Trinajstić information content (AvgIpc) is 4.04. The van der Waals surface area contributed by atoms with E-state index >= 15 is 22.0 Å². The second-order valence-electron chi connectivity index (χ2n) is 13.5. The number of aromatic amines is 2. The zero-order valence-electron chi connectivity index (χ0n) is 30.1. The zero-order chi connectivity index (χ0) is 41.9. The molecule has 0 fully saturated rings. The van der Waals surface area contributed by atoms with Crippen molar-refractivity contribution >= 4 is 28.0 Å². The standard InChI is InChI=1S/C43H26F10N6/c1-18-2-3-21(54)30(32-34(44)38(48)42(52)39(49)35(32)45)25-7-5-23(58-25)29(20-12-16-56-17-13-20)24-6-9-27(59-24)31(33-36(46)40(50)43(53)41(51)37(33)47)26-8-4-22(57-26)28(18)19-10-14-55-15-11-19/h2-5,7-8,10-17,36,40,57-58H,1,6,9,54H2/b3-2-,28-22?,29-24-,30-21+,31-26+. The molecule has 0 amide bonds. The molecule has 6 bridgehead atoms. The molecule has 2 aliphatic heterocycles. The van der Waals surface area contributed by atoms with Crippen LogP contribution in [-0.2, 0) is 0 Å². The fraction of sp³-hybridized carbons (Fsp3) is 0.0930. The van der Waals surface area contributed by atoms with Gasteiger partial charge in [-0.05, 0) is 84.1 Å². The molecule has 0 spiro atoms. The highest BCUT2D eigenvalue weighted by Gasteiger charge is 2.43. The van der Waals surface area contributed by atoms with Crippen LogP contribution in [0.2, 0.25) is 0 Å². The third kappa shape index (κ3) is 6.53. The zero-order valence-corrected chi connectivity index (χ0v) is 30.1. The highest BCUT2D eigenvalue weighted by Crippen LogP contribution is 2.43. The lowest BCUT2D eigenvalue weighted by Gasteiger charge is -2.23. The Morgan fingerprint density at radius 1 is 0.576 bits per heavy atom. The quantitative estimate of drug-likeness (QED) is 0.0962. The van der Waals surface area contributed by atoms with Gasteiger partial charge in [-0.25, -0.2) is 43.9 Å². The van der Waals surface area contributed by atoms with Crippen LogP contribution in [0.4, 0.5) is 43.9 Å². The van der Waals surface area contributed by atoms with Crippen molar-refractivity contribution in [3.05, 3.63) is 200 Å². The second kappa shape index (κ2) is 15.1. The summed E-state index contributed by atoms with van der Waals surface area (Å²) in [5.74, 6) is -17.5. The number of fused-ring (bicyclic) bond motifs is 5. The number of aromatic nitrogens is 4. The van der Waals surface area contributed by atoms with Gasteiger partial charge in [-0.2, -0.15) is 0 Å². The van der Waals surface area contributed by atoms with E-state index < -0.39 is 81.3 Å². The third-order valence-corrected chi connectivity index (χ3v) is 10.0. The Morgan fingerprint density at radius 3 is 1.73 bits per heavy atom. The molecule has 0 saturated carbocycles. The molecule has 4 aromatic heterocycles. The number of allylic oxidation sites excluding steroid dienone is 8. The molecular formula is C43H26F10N6. The van der Waals surface area contributed by atoms with E-state index in [4.69, 9.17) is 10.7 Å². The fourth-order valence-corrected chi connectivity index (χ4v) is 7.33. The number of rotatable bonds is 4. The third-order valence-electron chi connectivity index (χ3n) is 10.0. The van der Waals surface area contributed by atoms with Gasteiger partial charge in [-0.1, -0.05) is 12.7 Å². The Labute approximate surface area is 327 Å². The van der Waals surface area contributed by atoms with E-state index in [1.165, 1.54) is 55.1 Å². The summed E-state index contributed by atoms with van der Waals surface area (Å²) in [6.45, 7) is 4.10. The smallest absolute Gasteiger partial charge is 0.200 e. The lowest BCUT2D eigenvalue weighted by atomic mass is 9.88. The molecule has 3 aliphatic rings. The molecule has 8 rings (SSSR count). The van der Waals surface area contributed by atoms with Gasteiger partial charge in [0.1, 0.15) is 0 Å². The number of nitrogens with two attached hydrogens (primary N) is 1. The molecule has 16 heteroatoms. The molecular weight excluding hydrogens is 790 g/mol. The minimum atomic E-state index is -3.17. The largest absolute Gasteiger partial charge is 0.398 e. The van der Waals surface area contributed by atoms with Gasteiger partial charge < -0.3 is 15.7 Å². The summed E-state index contributed by atoms with van der Waals surface area (Å²) in [6.07, 6.45) is 1.94. The molecule has 298 valence electrons. The minimum Gasteiger partial charge on any atom is -0.398 e. The van der Waals surface area contributed by atoms with Gasteiger partial charge in [-0.15, -0.1) is 0 Å². The first kappa shape index (κ1) is 38.9. The SMILES string of the molecule is C=C1/C=C\C(N)=C(/c2c(F)c(F)c(F)c(F)c2F)c2ccc([nH]2)/C(c2ccncc2)=C2/CCC(=N2)/C(C2=C(F)C(F)=C(F)C(F)C2F)=c2/ccc([nH]2)=C1c1ccncc1. The molecule has 4 N–H and O–H groups in total. The summed E-state index contributed by atoms with van der Waals surface area (Å²) in [5, 5.41) is 0.139. The number of H-pyrrole nitrogens is 2. The summed E-state index contributed by atoms with van der Waals surface area (Å²) in [5.41, 5.74) is 4.25. The van der Waals surface area contributed by atoms with E-state index in [2.05, 4.69) is 26.5 Å². The van der Waals surface area contributed by atoms with E-state index in [1.807, 2.05) is 0 Å². The highest BCUT2D eigenvalue weighted by atomic mass is 19.2. The van der Waals surface area contributed by atoms with Crippen molar-refractivity contribution in [2.24, 2.45) is 10.7 Å². The van der Waals surface area contributed by atoms with E-state index in [0.29, 0.717) is 11.1 Å². The number of pyridine rings is 2. The Balaban J connectivity index is 1.51. The number of hydrogen-bond acceptors (Lipinski definition) is 4. The van der Waals surface area contributed by atoms with Crippen LogP contribution < -0.4 is 16.4 Å². The van der Waals surface area contributed by atoms with Gasteiger partial charge in [0.25, 0.3) is 0 Å². The Hall–Kier alpha value is -6.97. The Kier molecular flexibility index (Phi) is 9.94. The van der Waals surface area contributed by atoms with Gasteiger partial charge in [0.2, 0.25) is 5.82 Å². The van der Waals surface area contributed by atoms with Gasteiger partial charge in [0, 0.05) is 80.4 Å². The van der Waals surface area contributed by atoms with Crippen molar-refractivity contribution in [2.45, 2.75) is 25.2 Å². The predicted octanol–water partition coefficient (Wildman–Crippen LogP) is 8.78. The number of nitrogens with zero attached hydrogens (tertiary/aromatic N) is 3. The number of hydrogen-bond donors (Lipinski definition) is 3. The summed E-state index contributed by atoms with van der Waals surface area (Å²) in [7, 11) is 0. The summed E-state index contributed by atoms with van der Waals surface area (Å²) in [4.78, 5) is 18.8. The van der Waals surface area contributed by atoms with Crippen molar-refractivity contribution in [1.29, 1.82) is 0 Å². The van der Waals surface area contributed by atoms with Gasteiger partial charge in [-0.3, -0.25) is 15.0 Å². The van der Waals surface area contributed by atoms with E-state index in [0.717, 1.165) is 6.08 Å². The van der Waals surface area contributed by atoms with Crippen LogP contribution in [0, 0.1) is 29.1 Å². The maximum atomic E-state index is 15.9. The topological polar surface area (TPSA) is 95.7 Å². The van der Waals surface area contributed by atoms with Crippen molar-refractivity contribution in [3.8, 4) is 0 Å². The molecule has 2 unspecified atom stereocenters. The van der Waals surface area contributed by atoms with Gasteiger partial charge in [0.15, 0.2) is 53.1 Å². The first-order valence-corrected chi connectivity index (χ1v) is 17.7. The maximum Gasteiger partial charge on any atom is 0.200 e. The van der Waals surface area contributed by atoms with Crippen LogP contribution in [0.3, 0.4) is 0 Å². The lowest BCUT2D eigenvalue weighted by molar-refractivity contribution is 0.186. The monoisotopic (exact) mass is 816 g/mol. The molecule has 0 radical (unpaired) electrons. The van der Waals surface area contributed by atoms with Crippen LogP contribution in [0.5, 0.6) is 0 Å². The van der Waals surface area contributed by atoms with Crippen LogP contribution in [0.25, 0.3) is 22.3 Å². The molecule has 1 aliphatic carbocycles. The van der Waals surface area contributed by atoms with Gasteiger partial charge >= 0.3 is 0 Å². The first-order chi connectivity index (χ1) is 28.3. The number of halogens is 10. The molecule has 5 aromatic rings. The fourth-order valence-electron chi connectivity index (χ4n) is 7.33. The van der Waals surface area contributed by atoms with Crippen LogP contribution in [-0.4, -0.2) is 38.0 Å². The minimum absolute atomic E-state index is 0.0341. The number of aliphatic imine (C=N–C) groups is 1. The lowest BCUT2D eigenvalue weighted by Crippen LogP contribution is -2.31. The van der Waals surface area contributed by atoms with Crippen LogP contribution >= 0.6 is 0 Å². The van der Waals surface area contributed by atoms with E-state index in [9.17, 15) is 22.0 Å². The van der Waals surface area contributed by atoms with Crippen molar-refractivity contribution < 1.29 is 43.9 Å². The molecule has 6 heterocycles. The van der Waals surface area contributed by atoms with Crippen molar-refractivity contribution in [2.75, 3.05) is 0 Å². The second-order valence-corrected chi connectivity index (χ2v) is 13.5. The molecule has 59 heavy (non-hydrogen) atoms. The molecule has 6 nitrogen and oxygen atoms in total. The van der Waals surface area contributed by atoms with Crippen molar-refractivity contribution in [1.82, 2.24) is 19.9 Å². The van der Waals surface area contributed by atoms with Crippen LogP contribution in [0.1, 0.15) is 40.9 Å².